The molecule has 3 rings (SSSR count). The number of thiophene rings is 1. The Morgan fingerprint density at radius 3 is 2.54 bits per heavy atom. The van der Waals surface area contributed by atoms with Crippen molar-refractivity contribution in [1.82, 2.24) is 10.6 Å². The van der Waals surface area contributed by atoms with E-state index in [9.17, 15) is 9.59 Å². The van der Waals surface area contributed by atoms with Crippen LogP contribution < -0.4 is 15.4 Å². The third-order valence-electron chi connectivity index (χ3n) is 4.06. The van der Waals surface area contributed by atoms with Gasteiger partial charge in [0.2, 0.25) is 5.91 Å². The van der Waals surface area contributed by atoms with Gasteiger partial charge in [-0.2, -0.15) is 11.3 Å². The molecule has 5 nitrogen and oxygen atoms in total. The summed E-state index contributed by atoms with van der Waals surface area (Å²) < 4.78 is 5.81. The molecule has 0 aliphatic heterocycles. The van der Waals surface area contributed by atoms with E-state index in [1.165, 1.54) is 11.3 Å². The van der Waals surface area contributed by atoms with E-state index in [0.717, 1.165) is 16.9 Å². The molecule has 1 heterocycles. The number of benzene rings is 2. The molecule has 0 unspecified atom stereocenters. The van der Waals surface area contributed by atoms with E-state index in [1.54, 1.807) is 11.4 Å². The summed E-state index contributed by atoms with van der Waals surface area (Å²) in [6.45, 7) is 1.22. The maximum atomic E-state index is 12.0. The van der Waals surface area contributed by atoms with Crippen molar-refractivity contribution in [3.05, 3.63) is 88.1 Å². The molecule has 3 aromatic rings. The Hall–Kier alpha value is -3.12. The SMILES string of the molecule is O=C(CCNC(=O)c1ccsc1)NCc1cccc(OCc2ccccc2)c1. The molecule has 0 saturated heterocycles. The van der Waals surface area contributed by atoms with Gasteiger partial charge < -0.3 is 15.4 Å². The predicted octanol–water partition coefficient (Wildman–Crippen LogP) is 3.76. The maximum Gasteiger partial charge on any atom is 0.252 e. The van der Waals surface area contributed by atoms with E-state index >= 15 is 0 Å². The number of carbonyl (C=O) groups is 2. The highest BCUT2D eigenvalue weighted by atomic mass is 32.1. The first-order chi connectivity index (χ1) is 13.7. The van der Waals surface area contributed by atoms with Crippen LogP contribution in [-0.4, -0.2) is 18.4 Å². The average molecular weight is 394 g/mol. The number of nitrogens with one attached hydrogen (secondary N) is 2. The van der Waals surface area contributed by atoms with Crippen LogP contribution in [0.2, 0.25) is 0 Å². The Kier molecular flexibility index (Phi) is 7.21. The largest absolute Gasteiger partial charge is 0.489 e. The molecule has 28 heavy (non-hydrogen) atoms. The Bertz CT molecular complexity index is 895. The van der Waals surface area contributed by atoms with Gasteiger partial charge in [-0.05, 0) is 34.7 Å². The maximum absolute atomic E-state index is 12.0. The minimum Gasteiger partial charge on any atom is -0.489 e. The number of carbonyl (C=O) groups excluding carboxylic acids is 2. The second-order valence-electron chi connectivity index (χ2n) is 6.22. The van der Waals surface area contributed by atoms with Crippen molar-refractivity contribution >= 4 is 23.2 Å². The van der Waals surface area contributed by atoms with Crippen LogP contribution in [0.3, 0.4) is 0 Å². The summed E-state index contributed by atoms with van der Waals surface area (Å²) in [5.41, 5.74) is 2.68. The molecule has 0 aliphatic carbocycles. The van der Waals surface area contributed by atoms with Crippen LogP contribution in [0.1, 0.15) is 27.9 Å². The quantitative estimate of drug-likeness (QED) is 0.581. The molecule has 2 amide bonds. The van der Waals surface area contributed by atoms with Crippen LogP contribution in [0.5, 0.6) is 5.75 Å². The van der Waals surface area contributed by atoms with Crippen molar-refractivity contribution < 1.29 is 14.3 Å². The fourth-order valence-electron chi connectivity index (χ4n) is 2.56. The minimum absolute atomic E-state index is 0.110. The monoisotopic (exact) mass is 394 g/mol. The van der Waals surface area contributed by atoms with Crippen LogP contribution in [0.25, 0.3) is 0 Å². The second-order valence-corrected chi connectivity index (χ2v) is 7.00. The van der Waals surface area contributed by atoms with Crippen LogP contribution in [-0.2, 0) is 17.9 Å². The van der Waals surface area contributed by atoms with Gasteiger partial charge in [-0.1, -0.05) is 42.5 Å². The van der Waals surface area contributed by atoms with Gasteiger partial charge in [-0.25, -0.2) is 0 Å². The molecular weight excluding hydrogens is 372 g/mol. The van der Waals surface area contributed by atoms with Gasteiger partial charge in [0.25, 0.3) is 5.91 Å². The zero-order valence-electron chi connectivity index (χ0n) is 15.4. The first kappa shape index (κ1) is 19.6. The zero-order chi connectivity index (χ0) is 19.6. The average Bonchev–Trinajstić information content (AvgIpc) is 3.27. The molecule has 2 aromatic carbocycles. The third-order valence-corrected chi connectivity index (χ3v) is 4.74. The highest BCUT2D eigenvalue weighted by Gasteiger charge is 2.07. The van der Waals surface area contributed by atoms with Gasteiger partial charge in [0.05, 0.1) is 0 Å². The van der Waals surface area contributed by atoms with E-state index in [4.69, 9.17) is 4.74 Å². The molecule has 6 heteroatoms. The Morgan fingerprint density at radius 2 is 1.75 bits per heavy atom. The Balaban J connectivity index is 1.39. The minimum atomic E-state index is -0.155. The third kappa shape index (κ3) is 6.25. The summed E-state index contributed by atoms with van der Waals surface area (Å²) >= 11 is 1.47. The lowest BCUT2D eigenvalue weighted by atomic mass is 10.2. The first-order valence-corrected chi connectivity index (χ1v) is 9.98. The molecule has 0 bridgehead atoms. The van der Waals surface area contributed by atoms with Gasteiger partial charge in [-0.3, -0.25) is 9.59 Å². The fraction of sp³-hybridized carbons (Fsp3) is 0.182. The van der Waals surface area contributed by atoms with E-state index in [0.29, 0.717) is 25.3 Å². The molecule has 0 fully saturated rings. The summed E-state index contributed by atoms with van der Waals surface area (Å²) in [5.74, 6) is 0.497. The van der Waals surface area contributed by atoms with Gasteiger partial charge in [0.15, 0.2) is 0 Å². The summed E-state index contributed by atoms with van der Waals surface area (Å²) in [6.07, 6.45) is 0.236. The fourth-order valence-corrected chi connectivity index (χ4v) is 3.20. The lowest BCUT2D eigenvalue weighted by Crippen LogP contribution is -2.30. The van der Waals surface area contributed by atoms with Crippen LogP contribution in [0, 0.1) is 0 Å². The second kappa shape index (κ2) is 10.3. The first-order valence-electron chi connectivity index (χ1n) is 9.03. The summed E-state index contributed by atoms with van der Waals surface area (Å²) in [5, 5.41) is 9.23. The van der Waals surface area contributed by atoms with E-state index < -0.39 is 0 Å². The van der Waals surface area contributed by atoms with Crippen molar-refractivity contribution in [3.8, 4) is 5.75 Å². The number of rotatable bonds is 9. The topological polar surface area (TPSA) is 67.4 Å². The lowest BCUT2D eigenvalue weighted by Gasteiger charge is -2.09. The summed E-state index contributed by atoms with van der Waals surface area (Å²) in [4.78, 5) is 23.8. The van der Waals surface area contributed by atoms with Gasteiger partial charge in [0, 0.05) is 30.5 Å². The molecule has 0 radical (unpaired) electrons. The molecule has 0 saturated carbocycles. The number of hydrogen-bond donors (Lipinski definition) is 2. The highest BCUT2D eigenvalue weighted by molar-refractivity contribution is 7.08. The Labute approximate surface area is 168 Å². The van der Waals surface area contributed by atoms with Gasteiger partial charge >= 0.3 is 0 Å². The molecule has 144 valence electrons. The van der Waals surface area contributed by atoms with Crippen LogP contribution >= 0.6 is 11.3 Å². The van der Waals surface area contributed by atoms with Gasteiger partial charge in [-0.15, -0.1) is 0 Å². The van der Waals surface area contributed by atoms with Crippen molar-refractivity contribution in [2.75, 3.05) is 6.54 Å². The van der Waals surface area contributed by atoms with Gasteiger partial charge in [0.1, 0.15) is 12.4 Å². The highest BCUT2D eigenvalue weighted by Crippen LogP contribution is 2.15. The van der Waals surface area contributed by atoms with E-state index in [2.05, 4.69) is 10.6 Å². The van der Waals surface area contributed by atoms with Crippen LogP contribution in [0.15, 0.2) is 71.4 Å². The number of ether oxygens (including phenoxy) is 1. The summed E-state index contributed by atoms with van der Waals surface area (Å²) in [7, 11) is 0. The lowest BCUT2D eigenvalue weighted by molar-refractivity contribution is -0.121. The predicted molar refractivity (Wildman–Crippen MR) is 110 cm³/mol. The molecule has 1 aromatic heterocycles. The zero-order valence-corrected chi connectivity index (χ0v) is 16.2. The van der Waals surface area contributed by atoms with E-state index in [1.807, 2.05) is 60.0 Å². The normalized spacial score (nSPS) is 10.3. The molecule has 2 N–H and O–H groups in total. The Morgan fingerprint density at radius 1 is 0.929 bits per heavy atom. The standard InChI is InChI=1S/C22H22N2O3S/c25-21(9-11-23-22(26)19-10-12-28-16-19)24-14-18-7-4-8-20(13-18)27-15-17-5-2-1-3-6-17/h1-8,10,12-13,16H,9,11,14-15H2,(H,23,26)(H,24,25). The van der Waals surface area contributed by atoms with Crippen molar-refractivity contribution in [2.45, 2.75) is 19.6 Å². The van der Waals surface area contributed by atoms with Crippen molar-refractivity contribution in [2.24, 2.45) is 0 Å². The summed E-state index contributed by atoms with van der Waals surface area (Å²) in [6, 6.07) is 19.4. The molecule has 0 aliphatic rings. The molecular formula is C22H22N2O3S. The van der Waals surface area contributed by atoms with E-state index in [-0.39, 0.29) is 18.2 Å². The van der Waals surface area contributed by atoms with Crippen molar-refractivity contribution in [3.63, 3.8) is 0 Å². The smallest absolute Gasteiger partial charge is 0.252 e. The molecule has 0 atom stereocenters. The number of amides is 2. The number of hydrogen-bond acceptors (Lipinski definition) is 4. The van der Waals surface area contributed by atoms with Crippen molar-refractivity contribution in [1.29, 1.82) is 0 Å². The van der Waals surface area contributed by atoms with Crippen LogP contribution in [0.4, 0.5) is 0 Å². The molecule has 0 spiro atoms.